The summed E-state index contributed by atoms with van der Waals surface area (Å²) in [5, 5.41) is 8.50. The van der Waals surface area contributed by atoms with Crippen molar-refractivity contribution in [3.8, 4) is 5.75 Å². The predicted octanol–water partition coefficient (Wildman–Crippen LogP) is 3.61. The van der Waals surface area contributed by atoms with Crippen LogP contribution in [-0.2, 0) is 4.74 Å². The van der Waals surface area contributed by atoms with Crippen LogP contribution in [0, 0.1) is 5.92 Å². The van der Waals surface area contributed by atoms with Crippen molar-refractivity contribution >= 4 is 34.8 Å². The highest BCUT2D eigenvalue weighted by molar-refractivity contribution is 7.80. The number of amides is 2. The van der Waals surface area contributed by atoms with Crippen LogP contribution in [0.25, 0.3) is 0 Å². The van der Waals surface area contributed by atoms with Gasteiger partial charge in [-0.15, -0.1) is 0 Å². The fourth-order valence-corrected chi connectivity index (χ4v) is 2.80. The summed E-state index contributed by atoms with van der Waals surface area (Å²) >= 11 is 5.26. The van der Waals surface area contributed by atoms with Crippen molar-refractivity contribution in [3.05, 3.63) is 59.7 Å². The lowest BCUT2D eigenvalue weighted by atomic mass is 10.1. The second kappa shape index (κ2) is 12.7. The molecule has 31 heavy (non-hydrogen) atoms. The average molecular weight is 444 g/mol. The molecule has 166 valence electrons. The number of benzene rings is 2. The van der Waals surface area contributed by atoms with Gasteiger partial charge in [-0.2, -0.15) is 0 Å². The molecule has 2 amide bonds. The van der Waals surface area contributed by atoms with E-state index in [1.165, 1.54) is 0 Å². The zero-order valence-corrected chi connectivity index (χ0v) is 18.9. The Balaban J connectivity index is 1.93. The second-order valence-corrected chi connectivity index (χ2v) is 7.69. The molecule has 0 atom stereocenters. The van der Waals surface area contributed by atoms with Gasteiger partial charge in [0, 0.05) is 25.8 Å². The molecule has 2 aromatic carbocycles. The maximum Gasteiger partial charge on any atom is 0.257 e. The average Bonchev–Trinajstić information content (AvgIpc) is 2.75. The Bertz CT molecular complexity index is 885. The van der Waals surface area contributed by atoms with Crippen LogP contribution in [0.2, 0.25) is 0 Å². The number of hydrogen-bond acceptors (Lipinski definition) is 5. The van der Waals surface area contributed by atoms with E-state index in [4.69, 9.17) is 21.7 Å². The number of thiocarbonyl (C=S) groups is 1. The molecular weight excluding hydrogens is 414 g/mol. The lowest BCUT2D eigenvalue weighted by molar-refractivity contribution is 0.0947. The van der Waals surface area contributed by atoms with Crippen LogP contribution >= 0.6 is 12.2 Å². The first-order valence-corrected chi connectivity index (χ1v) is 10.5. The summed E-state index contributed by atoms with van der Waals surface area (Å²) in [6.45, 7) is 5.82. The maximum atomic E-state index is 12.5. The van der Waals surface area contributed by atoms with Gasteiger partial charge in [0.2, 0.25) is 0 Å². The fraction of sp³-hybridized carbons (Fsp3) is 0.348. The van der Waals surface area contributed by atoms with E-state index in [-0.39, 0.29) is 16.9 Å². The van der Waals surface area contributed by atoms with E-state index in [0.29, 0.717) is 54.7 Å². The van der Waals surface area contributed by atoms with Crippen LogP contribution in [0.3, 0.4) is 0 Å². The van der Waals surface area contributed by atoms with Crippen molar-refractivity contribution in [3.63, 3.8) is 0 Å². The Morgan fingerprint density at radius 2 is 1.74 bits per heavy atom. The summed E-state index contributed by atoms with van der Waals surface area (Å²) in [7, 11) is 1.62. The van der Waals surface area contributed by atoms with Crippen LogP contribution in [0.15, 0.2) is 48.5 Å². The Kier molecular flexibility index (Phi) is 9.93. The highest BCUT2D eigenvalue weighted by Crippen LogP contribution is 2.16. The number of ether oxygens (including phenoxy) is 2. The number of carbonyl (C=O) groups excluding carboxylic acids is 2. The lowest BCUT2D eigenvalue weighted by Crippen LogP contribution is -2.35. The highest BCUT2D eigenvalue weighted by atomic mass is 32.1. The zero-order chi connectivity index (χ0) is 22.6. The van der Waals surface area contributed by atoms with Gasteiger partial charge in [-0.3, -0.25) is 14.9 Å². The monoisotopic (exact) mass is 443 g/mol. The molecule has 0 saturated heterocycles. The van der Waals surface area contributed by atoms with Crippen LogP contribution in [0.1, 0.15) is 41.0 Å². The molecule has 0 fully saturated rings. The van der Waals surface area contributed by atoms with Crippen molar-refractivity contribution in [2.75, 3.05) is 32.2 Å². The Morgan fingerprint density at radius 1 is 1.03 bits per heavy atom. The quantitative estimate of drug-likeness (QED) is 0.384. The summed E-state index contributed by atoms with van der Waals surface area (Å²) < 4.78 is 10.6. The molecule has 7 nitrogen and oxygen atoms in total. The molecule has 0 heterocycles. The molecule has 0 spiro atoms. The number of hydrogen-bond donors (Lipinski definition) is 3. The van der Waals surface area contributed by atoms with Gasteiger partial charge >= 0.3 is 0 Å². The van der Waals surface area contributed by atoms with E-state index >= 15 is 0 Å². The van der Waals surface area contributed by atoms with Crippen LogP contribution < -0.4 is 20.7 Å². The van der Waals surface area contributed by atoms with Crippen LogP contribution in [0.5, 0.6) is 5.75 Å². The first-order chi connectivity index (χ1) is 14.9. The van der Waals surface area contributed by atoms with Crippen molar-refractivity contribution in [2.45, 2.75) is 20.3 Å². The Hall–Kier alpha value is -2.97. The molecule has 0 radical (unpaired) electrons. The van der Waals surface area contributed by atoms with Crippen molar-refractivity contribution in [2.24, 2.45) is 5.92 Å². The maximum absolute atomic E-state index is 12.5. The van der Waals surface area contributed by atoms with Crippen molar-refractivity contribution < 1.29 is 19.1 Å². The van der Waals surface area contributed by atoms with Gasteiger partial charge in [0.05, 0.1) is 17.9 Å². The minimum atomic E-state index is -0.352. The first kappa shape index (κ1) is 24.3. The molecule has 2 rings (SSSR count). The molecular formula is C23H29N3O4S. The van der Waals surface area contributed by atoms with Gasteiger partial charge in [0.1, 0.15) is 5.75 Å². The van der Waals surface area contributed by atoms with E-state index in [1.807, 2.05) is 0 Å². The molecule has 8 heteroatoms. The smallest absolute Gasteiger partial charge is 0.257 e. The number of rotatable bonds is 10. The third-order valence-corrected chi connectivity index (χ3v) is 4.36. The van der Waals surface area contributed by atoms with Gasteiger partial charge in [0.15, 0.2) is 5.11 Å². The van der Waals surface area contributed by atoms with E-state index in [2.05, 4.69) is 29.8 Å². The third-order valence-electron chi connectivity index (χ3n) is 4.16. The second-order valence-electron chi connectivity index (χ2n) is 7.29. The number of carbonyl (C=O) groups is 2. The topological polar surface area (TPSA) is 88.7 Å². The van der Waals surface area contributed by atoms with Crippen LogP contribution in [-0.4, -0.2) is 43.8 Å². The molecule has 0 aliphatic heterocycles. The van der Waals surface area contributed by atoms with Crippen molar-refractivity contribution in [1.29, 1.82) is 0 Å². The normalized spacial score (nSPS) is 10.5. The van der Waals surface area contributed by atoms with E-state index in [0.717, 1.165) is 0 Å². The minimum absolute atomic E-state index is 0.102. The highest BCUT2D eigenvalue weighted by Gasteiger charge is 2.13. The van der Waals surface area contributed by atoms with Gasteiger partial charge in [-0.1, -0.05) is 26.0 Å². The van der Waals surface area contributed by atoms with Gasteiger partial charge in [-0.25, -0.2) is 0 Å². The summed E-state index contributed by atoms with van der Waals surface area (Å²) in [6.07, 6.45) is 0.716. The number of para-hydroxylation sites is 1. The summed E-state index contributed by atoms with van der Waals surface area (Å²) in [4.78, 5) is 24.9. The molecule has 0 bridgehead atoms. The minimum Gasteiger partial charge on any atom is -0.493 e. The SMILES string of the molecule is COCCCNC(=O)c1ccccc1NC(=S)NC(=O)c1ccc(OCC(C)C)cc1. The van der Waals surface area contributed by atoms with Gasteiger partial charge in [0.25, 0.3) is 11.8 Å². The summed E-state index contributed by atoms with van der Waals surface area (Å²) in [6, 6.07) is 13.8. The Labute approximate surface area is 188 Å². The largest absolute Gasteiger partial charge is 0.493 e. The summed E-state index contributed by atoms with van der Waals surface area (Å²) in [5.74, 6) is 0.540. The molecule has 0 aliphatic rings. The van der Waals surface area contributed by atoms with E-state index in [1.54, 1.807) is 55.6 Å². The van der Waals surface area contributed by atoms with Gasteiger partial charge < -0.3 is 20.1 Å². The molecule has 2 aromatic rings. The molecule has 0 aromatic heterocycles. The first-order valence-electron chi connectivity index (χ1n) is 10.1. The fourth-order valence-electron chi connectivity index (χ4n) is 2.60. The molecule has 0 unspecified atom stereocenters. The lowest BCUT2D eigenvalue weighted by Gasteiger charge is -2.14. The molecule has 3 N–H and O–H groups in total. The number of methoxy groups -OCH3 is 1. The van der Waals surface area contributed by atoms with E-state index in [9.17, 15) is 9.59 Å². The molecule has 0 saturated carbocycles. The number of nitrogens with one attached hydrogen (secondary N) is 3. The third kappa shape index (κ3) is 8.35. The zero-order valence-electron chi connectivity index (χ0n) is 18.1. The standard InChI is InChI=1S/C23H29N3O4S/c1-16(2)15-30-18-11-9-17(10-12-18)21(27)26-23(31)25-20-8-5-4-7-19(20)22(28)24-13-6-14-29-3/h4-5,7-12,16H,6,13-15H2,1-3H3,(H,24,28)(H2,25,26,27,31). The van der Waals surface area contributed by atoms with Crippen LogP contribution in [0.4, 0.5) is 5.69 Å². The molecule has 0 aliphatic carbocycles. The summed E-state index contributed by atoms with van der Waals surface area (Å²) in [5.41, 5.74) is 1.39. The van der Waals surface area contributed by atoms with Gasteiger partial charge in [-0.05, 0) is 61.0 Å². The number of anilines is 1. The van der Waals surface area contributed by atoms with Crippen molar-refractivity contribution in [1.82, 2.24) is 10.6 Å². The Morgan fingerprint density at radius 3 is 2.42 bits per heavy atom. The predicted molar refractivity (Wildman–Crippen MR) is 126 cm³/mol. The van der Waals surface area contributed by atoms with E-state index < -0.39 is 0 Å².